The van der Waals surface area contributed by atoms with E-state index in [-0.39, 0.29) is 11.3 Å². The highest BCUT2D eigenvalue weighted by atomic mass is 16.1. The van der Waals surface area contributed by atoms with Crippen LogP contribution < -0.4 is 10.6 Å². The number of rotatable bonds is 5. The van der Waals surface area contributed by atoms with E-state index in [0.717, 1.165) is 57.6 Å². The molecular weight excluding hydrogens is 302 g/mol. The van der Waals surface area contributed by atoms with Crippen LogP contribution in [-0.4, -0.2) is 73.5 Å². The highest BCUT2D eigenvalue weighted by Gasteiger charge is 2.42. The molecule has 3 rings (SSSR count). The van der Waals surface area contributed by atoms with Crippen LogP contribution in [-0.2, 0) is 4.79 Å². The van der Waals surface area contributed by atoms with Crippen molar-refractivity contribution >= 4 is 11.9 Å². The molecule has 24 heavy (non-hydrogen) atoms. The summed E-state index contributed by atoms with van der Waals surface area (Å²) >= 11 is 0. The summed E-state index contributed by atoms with van der Waals surface area (Å²) in [6.07, 6.45) is 5.61. The summed E-state index contributed by atoms with van der Waals surface area (Å²) in [6.45, 7) is 8.89. The van der Waals surface area contributed by atoms with Crippen LogP contribution in [0.5, 0.6) is 0 Å². The minimum Gasteiger partial charge on any atom is -0.357 e. The normalized spacial score (nSPS) is 29.2. The predicted molar refractivity (Wildman–Crippen MR) is 97.1 cm³/mol. The molecule has 2 aliphatic heterocycles. The molecule has 6 nitrogen and oxygen atoms in total. The van der Waals surface area contributed by atoms with Crippen molar-refractivity contribution < 1.29 is 4.79 Å². The lowest BCUT2D eigenvalue weighted by molar-refractivity contribution is -0.119. The zero-order valence-electron chi connectivity index (χ0n) is 15.5. The summed E-state index contributed by atoms with van der Waals surface area (Å²) in [5, 5.41) is 6.48. The van der Waals surface area contributed by atoms with Crippen LogP contribution in [0.1, 0.15) is 46.0 Å². The Morgan fingerprint density at radius 2 is 2.33 bits per heavy atom. The first-order chi connectivity index (χ1) is 11.5. The largest absolute Gasteiger partial charge is 0.357 e. The molecule has 6 heteroatoms. The molecule has 0 aromatic heterocycles. The predicted octanol–water partition coefficient (Wildman–Crippen LogP) is 1.04. The minimum absolute atomic E-state index is 0.113. The molecule has 2 unspecified atom stereocenters. The fraction of sp³-hybridized carbons (Fsp3) is 0.889. The van der Waals surface area contributed by atoms with E-state index in [1.165, 1.54) is 12.8 Å². The fourth-order valence-electron chi connectivity index (χ4n) is 4.04. The molecule has 2 saturated heterocycles. The van der Waals surface area contributed by atoms with Crippen LogP contribution in [0.3, 0.4) is 0 Å². The first kappa shape index (κ1) is 17.5. The van der Waals surface area contributed by atoms with E-state index in [2.05, 4.69) is 41.3 Å². The molecule has 0 bridgehead atoms. The van der Waals surface area contributed by atoms with Crippen molar-refractivity contribution in [2.45, 2.75) is 58.0 Å². The van der Waals surface area contributed by atoms with Crippen LogP contribution in [0.15, 0.2) is 4.99 Å². The highest BCUT2D eigenvalue weighted by Crippen LogP contribution is 2.36. The topological polar surface area (TPSA) is 60.0 Å². The second-order valence-electron chi connectivity index (χ2n) is 7.92. The Labute approximate surface area is 146 Å². The van der Waals surface area contributed by atoms with E-state index in [4.69, 9.17) is 4.99 Å². The van der Waals surface area contributed by atoms with Gasteiger partial charge in [0.25, 0.3) is 0 Å². The number of guanidine groups is 1. The van der Waals surface area contributed by atoms with E-state index < -0.39 is 0 Å². The zero-order valence-corrected chi connectivity index (χ0v) is 15.5. The Bertz CT molecular complexity index is 490. The molecule has 1 amide bonds. The van der Waals surface area contributed by atoms with Crippen LogP contribution in [0.2, 0.25) is 0 Å². The van der Waals surface area contributed by atoms with Crippen LogP contribution in [0, 0.1) is 5.41 Å². The summed E-state index contributed by atoms with van der Waals surface area (Å²) in [6, 6.07) is 1.24. The summed E-state index contributed by atoms with van der Waals surface area (Å²) in [4.78, 5) is 21.5. The summed E-state index contributed by atoms with van der Waals surface area (Å²) in [7, 11) is 2.22. The van der Waals surface area contributed by atoms with Crippen molar-refractivity contribution in [2.24, 2.45) is 10.4 Å². The number of nitrogens with one attached hydrogen (secondary N) is 2. The van der Waals surface area contributed by atoms with Crippen LogP contribution in [0.25, 0.3) is 0 Å². The standard InChI is InChI=1S/C18H33N5O/c1-4-19-17(20-11-14(2)22(3)15-6-7-15)23-9-5-8-18(13-23)10-16(24)21-12-18/h14-15H,4-13H2,1-3H3,(H,19,20)(H,21,24). The van der Waals surface area contributed by atoms with Gasteiger partial charge in [-0.25, -0.2) is 0 Å². The number of piperidine rings is 1. The number of hydrogen-bond donors (Lipinski definition) is 2. The molecule has 0 aromatic carbocycles. The van der Waals surface area contributed by atoms with Crippen molar-refractivity contribution in [3.63, 3.8) is 0 Å². The number of carbonyl (C=O) groups excluding carboxylic acids is 1. The van der Waals surface area contributed by atoms with E-state index >= 15 is 0 Å². The van der Waals surface area contributed by atoms with Gasteiger partial charge in [0.1, 0.15) is 0 Å². The third-order valence-corrected chi connectivity index (χ3v) is 5.82. The van der Waals surface area contributed by atoms with E-state index in [1.54, 1.807) is 0 Å². The molecule has 1 spiro atoms. The molecule has 3 aliphatic rings. The van der Waals surface area contributed by atoms with Crippen LogP contribution in [0.4, 0.5) is 0 Å². The van der Waals surface area contributed by atoms with Crippen molar-refractivity contribution in [3.8, 4) is 0 Å². The summed E-state index contributed by atoms with van der Waals surface area (Å²) in [5.74, 6) is 1.23. The number of nitrogens with zero attached hydrogens (tertiary/aromatic N) is 3. The molecule has 2 heterocycles. The molecule has 1 aliphatic carbocycles. The SMILES string of the molecule is CCNC(=NCC(C)N(C)C1CC1)N1CCCC2(CNC(=O)C2)C1. The molecule has 2 atom stereocenters. The van der Waals surface area contributed by atoms with Gasteiger partial charge in [-0.2, -0.15) is 0 Å². The third kappa shape index (κ3) is 4.02. The maximum Gasteiger partial charge on any atom is 0.220 e. The molecule has 2 N–H and O–H groups in total. The first-order valence-corrected chi connectivity index (χ1v) is 9.55. The smallest absolute Gasteiger partial charge is 0.220 e. The monoisotopic (exact) mass is 335 g/mol. The van der Waals surface area contributed by atoms with Gasteiger partial charge >= 0.3 is 0 Å². The van der Waals surface area contributed by atoms with Gasteiger partial charge in [0.05, 0.1) is 6.54 Å². The van der Waals surface area contributed by atoms with Gasteiger partial charge in [-0.15, -0.1) is 0 Å². The van der Waals surface area contributed by atoms with Gasteiger partial charge in [0.15, 0.2) is 5.96 Å². The number of hydrogen-bond acceptors (Lipinski definition) is 3. The minimum atomic E-state index is 0.113. The maximum absolute atomic E-state index is 11.7. The molecule has 0 aromatic rings. The second kappa shape index (κ2) is 7.30. The third-order valence-electron chi connectivity index (χ3n) is 5.82. The Morgan fingerprint density at radius 1 is 1.54 bits per heavy atom. The second-order valence-corrected chi connectivity index (χ2v) is 7.92. The van der Waals surface area contributed by atoms with E-state index in [1.807, 2.05) is 0 Å². The number of aliphatic imine (C=N–C) groups is 1. The average molecular weight is 335 g/mol. The van der Waals surface area contributed by atoms with Gasteiger partial charge in [-0.3, -0.25) is 14.7 Å². The molecule has 1 saturated carbocycles. The molecular formula is C18H33N5O. The average Bonchev–Trinajstić information content (AvgIpc) is 3.36. The first-order valence-electron chi connectivity index (χ1n) is 9.55. The van der Waals surface area contributed by atoms with Crippen molar-refractivity contribution in [3.05, 3.63) is 0 Å². The molecule has 0 radical (unpaired) electrons. The van der Waals surface area contributed by atoms with E-state index in [9.17, 15) is 4.79 Å². The number of likely N-dealkylation sites (N-methyl/N-ethyl adjacent to an activating group) is 1. The maximum atomic E-state index is 11.7. The molecule has 3 fully saturated rings. The highest BCUT2D eigenvalue weighted by molar-refractivity contribution is 5.81. The van der Waals surface area contributed by atoms with Gasteiger partial charge in [0.2, 0.25) is 5.91 Å². The lowest BCUT2D eigenvalue weighted by Gasteiger charge is -2.41. The lowest BCUT2D eigenvalue weighted by atomic mass is 9.79. The molecule has 136 valence electrons. The summed E-state index contributed by atoms with van der Waals surface area (Å²) in [5.41, 5.74) is 0.113. The number of amides is 1. The summed E-state index contributed by atoms with van der Waals surface area (Å²) < 4.78 is 0. The van der Waals surface area contributed by atoms with Crippen LogP contribution >= 0.6 is 0 Å². The van der Waals surface area contributed by atoms with Gasteiger partial charge < -0.3 is 15.5 Å². The Balaban J connectivity index is 1.63. The van der Waals surface area contributed by atoms with Crippen molar-refractivity contribution in [1.29, 1.82) is 0 Å². The zero-order chi connectivity index (χ0) is 17.2. The van der Waals surface area contributed by atoms with E-state index in [0.29, 0.717) is 12.5 Å². The Morgan fingerprint density at radius 3 is 2.96 bits per heavy atom. The van der Waals surface area contributed by atoms with Crippen molar-refractivity contribution in [2.75, 3.05) is 39.8 Å². The number of carbonyl (C=O) groups is 1. The Kier molecular flexibility index (Phi) is 5.33. The lowest BCUT2D eigenvalue weighted by Crippen LogP contribution is -2.51. The quantitative estimate of drug-likeness (QED) is 0.582. The van der Waals surface area contributed by atoms with Gasteiger partial charge in [-0.05, 0) is 46.6 Å². The van der Waals surface area contributed by atoms with Gasteiger partial charge in [-0.1, -0.05) is 0 Å². The Hall–Kier alpha value is -1.30. The fourth-order valence-corrected chi connectivity index (χ4v) is 4.04. The van der Waals surface area contributed by atoms with Gasteiger partial charge in [0, 0.05) is 50.1 Å². The van der Waals surface area contributed by atoms with Crippen molar-refractivity contribution in [1.82, 2.24) is 20.4 Å². The number of likely N-dealkylation sites (tertiary alicyclic amines) is 1.